The van der Waals surface area contributed by atoms with Gasteiger partial charge < -0.3 is 10.0 Å². The lowest BCUT2D eigenvalue weighted by Crippen LogP contribution is -2.36. The zero-order valence-corrected chi connectivity index (χ0v) is 13.2. The van der Waals surface area contributed by atoms with Crippen molar-refractivity contribution < 1.29 is 23.1 Å². The molecule has 0 unspecified atom stereocenters. The van der Waals surface area contributed by atoms with E-state index in [2.05, 4.69) is 20.7 Å². The smallest absolute Gasteiger partial charge is 0.345 e. The first kappa shape index (κ1) is 16.1. The number of amides is 1. The molecule has 0 radical (unpaired) electrons. The molecule has 0 aromatic carbocycles. The van der Waals surface area contributed by atoms with Gasteiger partial charge in [-0.3, -0.25) is 4.79 Å². The number of hydrogen-bond acceptors (Lipinski definition) is 5. The summed E-state index contributed by atoms with van der Waals surface area (Å²) in [4.78, 5) is 23.0. The van der Waals surface area contributed by atoms with E-state index in [1.54, 1.807) is 0 Å². The van der Waals surface area contributed by atoms with E-state index in [-0.39, 0.29) is 20.1 Å². The first-order chi connectivity index (χ1) is 8.65. The zero-order chi connectivity index (χ0) is 14.8. The quantitative estimate of drug-likeness (QED) is 0.788. The first-order valence-electron chi connectivity index (χ1n) is 4.87. The van der Waals surface area contributed by atoms with E-state index in [9.17, 15) is 18.0 Å². The summed E-state index contributed by atoms with van der Waals surface area (Å²) in [5.41, 5.74) is 0. The highest BCUT2D eigenvalue weighted by Crippen LogP contribution is 2.31. The summed E-state index contributed by atoms with van der Waals surface area (Å²) in [7, 11) is -0.930. The van der Waals surface area contributed by atoms with Crippen molar-refractivity contribution in [3.63, 3.8) is 0 Å². The Morgan fingerprint density at radius 1 is 1.47 bits per heavy atom. The lowest BCUT2D eigenvalue weighted by Gasteiger charge is -2.10. The lowest BCUT2D eigenvalue weighted by atomic mass is 10.5. The van der Waals surface area contributed by atoms with Crippen molar-refractivity contribution in [3.05, 3.63) is 14.7 Å². The van der Waals surface area contributed by atoms with Crippen molar-refractivity contribution in [2.75, 3.05) is 20.6 Å². The molecule has 0 atom stereocenters. The first-order valence-corrected chi connectivity index (χ1v) is 7.97. The molecular formula is C9H11BrN2O5S2. The van der Waals surface area contributed by atoms with Gasteiger partial charge in [-0.2, -0.15) is 0 Å². The second-order valence-electron chi connectivity index (χ2n) is 3.67. The summed E-state index contributed by atoms with van der Waals surface area (Å²) in [6.07, 6.45) is 0. The van der Waals surface area contributed by atoms with Crippen molar-refractivity contribution in [2.24, 2.45) is 0 Å². The van der Waals surface area contributed by atoms with E-state index in [0.717, 1.165) is 17.4 Å². The van der Waals surface area contributed by atoms with Gasteiger partial charge in [0.05, 0.1) is 10.3 Å². The number of thiophene rings is 1. The van der Waals surface area contributed by atoms with Crippen LogP contribution >= 0.6 is 27.3 Å². The highest BCUT2D eigenvalue weighted by molar-refractivity contribution is 9.11. The fraction of sp³-hybridized carbons (Fsp3) is 0.333. The number of halogens is 1. The van der Waals surface area contributed by atoms with Crippen LogP contribution in [0.25, 0.3) is 0 Å². The van der Waals surface area contributed by atoms with Gasteiger partial charge in [0.15, 0.2) is 0 Å². The molecule has 7 nitrogen and oxygen atoms in total. The predicted octanol–water partition coefficient (Wildman–Crippen LogP) is 0.575. The average molecular weight is 371 g/mol. The Bertz CT molecular complexity index is 608. The summed E-state index contributed by atoms with van der Waals surface area (Å²) in [5, 5.41) is 8.79. The molecule has 0 saturated heterocycles. The molecule has 0 aliphatic carbocycles. The van der Waals surface area contributed by atoms with E-state index >= 15 is 0 Å². The van der Waals surface area contributed by atoms with Gasteiger partial charge in [0.25, 0.3) is 0 Å². The molecule has 1 aromatic heterocycles. The number of sulfonamides is 1. The van der Waals surface area contributed by atoms with Gasteiger partial charge in [0.2, 0.25) is 15.9 Å². The van der Waals surface area contributed by atoms with E-state index < -0.39 is 21.9 Å². The Hall–Kier alpha value is -0.970. The molecule has 2 N–H and O–H groups in total. The number of carbonyl (C=O) groups excluding carboxylic acids is 1. The maximum Gasteiger partial charge on any atom is 0.345 e. The number of nitrogens with zero attached hydrogens (tertiary/aromatic N) is 1. The van der Waals surface area contributed by atoms with E-state index in [1.165, 1.54) is 19.0 Å². The Morgan fingerprint density at radius 2 is 2.05 bits per heavy atom. The number of carboxylic acids is 1. The molecule has 19 heavy (non-hydrogen) atoms. The summed E-state index contributed by atoms with van der Waals surface area (Å²) in [5.74, 6) is -1.62. The fourth-order valence-electron chi connectivity index (χ4n) is 1.03. The number of carboxylic acid groups (broad SMARTS) is 1. The summed E-state index contributed by atoms with van der Waals surface area (Å²) in [6.45, 7) is -0.389. The van der Waals surface area contributed by atoms with Gasteiger partial charge in [0, 0.05) is 14.1 Å². The molecule has 106 valence electrons. The Kier molecular flexibility index (Phi) is 5.07. The van der Waals surface area contributed by atoms with Gasteiger partial charge in [-0.15, -0.1) is 11.3 Å². The third-order valence-corrected chi connectivity index (χ3v) is 5.71. The number of aromatic carboxylic acids is 1. The third-order valence-electron chi connectivity index (χ3n) is 2.07. The van der Waals surface area contributed by atoms with Gasteiger partial charge >= 0.3 is 5.97 Å². The molecule has 1 amide bonds. The van der Waals surface area contributed by atoms with E-state index in [1.807, 2.05) is 0 Å². The van der Waals surface area contributed by atoms with E-state index in [4.69, 9.17) is 5.11 Å². The number of nitrogens with one attached hydrogen (secondary N) is 1. The molecule has 0 fully saturated rings. The van der Waals surface area contributed by atoms with Crippen molar-refractivity contribution in [1.29, 1.82) is 0 Å². The summed E-state index contributed by atoms with van der Waals surface area (Å²) < 4.78 is 26.1. The number of hydrogen-bond donors (Lipinski definition) is 2. The van der Waals surface area contributed by atoms with Crippen LogP contribution in [0.5, 0.6) is 0 Å². The molecule has 0 saturated carbocycles. The van der Waals surface area contributed by atoms with Crippen LogP contribution in [0, 0.1) is 0 Å². The maximum absolute atomic E-state index is 11.9. The Labute approximate surface area is 122 Å². The monoisotopic (exact) mass is 370 g/mol. The summed E-state index contributed by atoms with van der Waals surface area (Å²) >= 11 is 3.79. The van der Waals surface area contributed by atoms with Crippen LogP contribution in [0.15, 0.2) is 14.7 Å². The molecule has 1 rings (SSSR count). The fourth-order valence-corrected chi connectivity index (χ4v) is 4.41. The minimum absolute atomic E-state index is 0.105. The van der Waals surface area contributed by atoms with Gasteiger partial charge in [-0.05, 0) is 22.0 Å². The highest BCUT2D eigenvalue weighted by atomic mass is 79.9. The van der Waals surface area contributed by atoms with Crippen LogP contribution in [0.2, 0.25) is 0 Å². The highest BCUT2D eigenvalue weighted by Gasteiger charge is 2.23. The van der Waals surface area contributed by atoms with Crippen LogP contribution in [0.1, 0.15) is 9.67 Å². The molecule has 0 aliphatic rings. The number of carbonyl (C=O) groups is 2. The standard InChI is InChI=1S/C9H11BrN2O5S2/c1-12(2)7(13)4-11-19(16,17)6-3-5(9(14)15)18-8(6)10/h3,11H,4H2,1-2H3,(H,14,15). The topological polar surface area (TPSA) is 104 Å². The zero-order valence-electron chi connectivity index (χ0n) is 10.0. The molecule has 0 bridgehead atoms. The molecule has 0 spiro atoms. The Balaban J connectivity index is 2.95. The van der Waals surface area contributed by atoms with Gasteiger partial charge in [0.1, 0.15) is 9.77 Å². The van der Waals surface area contributed by atoms with Crippen molar-refractivity contribution in [3.8, 4) is 0 Å². The van der Waals surface area contributed by atoms with Crippen LogP contribution in [-0.4, -0.2) is 50.9 Å². The molecule has 10 heteroatoms. The van der Waals surface area contributed by atoms with Crippen molar-refractivity contribution >= 4 is 49.2 Å². The second-order valence-corrected chi connectivity index (χ2v) is 7.77. The van der Waals surface area contributed by atoms with Crippen LogP contribution in [0.3, 0.4) is 0 Å². The van der Waals surface area contributed by atoms with Crippen LogP contribution < -0.4 is 4.72 Å². The van der Waals surface area contributed by atoms with Crippen LogP contribution in [0.4, 0.5) is 0 Å². The third kappa shape index (κ3) is 4.00. The SMILES string of the molecule is CN(C)C(=O)CNS(=O)(=O)c1cc(C(=O)O)sc1Br. The molecule has 1 heterocycles. The second kappa shape index (κ2) is 5.99. The van der Waals surface area contributed by atoms with Crippen molar-refractivity contribution in [1.82, 2.24) is 9.62 Å². The maximum atomic E-state index is 11.9. The normalized spacial score (nSPS) is 11.3. The predicted molar refractivity (Wildman–Crippen MR) is 72.9 cm³/mol. The minimum atomic E-state index is -3.93. The van der Waals surface area contributed by atoms with Crippen molar-refractivity contribution in [2.45, 2.75) is 4.90 Å². The lowest BCUT2D eigenvalue weighted by molar-refractivity contribution is -0.127. The Morgan fingerprint density at radius 3 is 2.47 bits per heavy atom. The van der Waals surface area contributed by atoms with E-state index in [0.29, 0.717) is 0 Å². The number of rotatable bonds is 5. The largest absolute Gasteiger partial charge is 0.477 e. The van der Waals surface area contributed by atoms with Gasteiger partial charge in [-0.1, -0.05) is 0 Å². The number of likely N-dealkylation sites (N-methyl/N-ethyl adjacent to an activating group) is 1. The molecule has 0 aliphatic heterocycles. The molecule has 1 aromatic rings. The average Bonchev–Trinajstić information content (AvgIpc) is 2.69. The molecular weight excluding hydrogens is 360 g/mol. The minimum Gasteiger partial charge on any atom is -0.477 e. The van der Waals surface area contributed by atoms with Crippen LogP contribution in [-0.2, 0) is 14.8 Å². The van der Waals surface area contributed by atoms with Gasteiger partial charge in [-0.25, -0.2) is 17.9 Å². The summed E-state index contributed by atoms with van der Waals surface area (Å²) in [6, 6.07) is 1.04.